The average Bonchev–Trinajstić information content (AvgIpc) is 1.65. The Hall–Kier alpha value is -14.6. The van der Waals surface area contributed by atoms with Gasteiger partial charge in [-0.1, -0.05) is 90.4 Å². The largest absolute Gasteiger partial charge is 0.495 e. The second-order valence-electron chi connectivity index (χ2n) is 23.5. The number of nitro groups is 2. The van der Waals surface area contributed by atoms with Crippen molar-refractivity contribution in [3.8, 4) is 28.7 Å². The number of aliphatic hydroxyl groups is 1. The van der Waals surface area contributed by atoms with E-state index in [2.05, 4.69) is 41.2 Å². The van der Waals surface area contributed by atoms with Crippen LogP contribution in [0.4, 0.5) is 49.7 Å². The first kappa shape index (κ1) is 89.0. The lowest BCUT2D eigenvalue weighted by Crippen LogP contribution is -2.29. The number of nitrogens with one attached hydrogen (secondary N) is 4. The van der Waals surface area contributed by atoms with Gasteiger partial charge in [0, 0.05) is 18.7 Å². The van der Waals surface area contributed by atoms with Crippen LogP contribution in [-0.2, 0) is 32.8 Å². The van der Waals surface area contributed by atoms with Crippen LogP contribution in [0.5, 0.6) is 28.7 Å². The summed E-state index contributed by atoms with van der Waals surface area (Å²) in [5, 5.41) is 40.7. The number of aliphatic hydroxyl groups excluding tert-OH is 1. The lowest BCUT2D eigenvalue weighted by molar-refractivity contribution is -0.385. The van der Waals surface area contributed by atoms with Gasteiger partial charge in [-0.15, -0.1) is 0 Å². The number of hydrogen-bond acceptors (Lipinski definition) is 24. The molecule has 33 heteroatoms. The van der Waals surface area contributed by atoms with Crippen LogP contribution in [0.2, 0.25) is 0 Å². The van der Waals surface area contributed by atoms with Crippen LogP contribution < -0.4 is 56.4 Å². The predicted molar refractivity (Wildman–Crippen MR) is 424 cm³/mol. The third kappa shape index (κ3) is 21.9. The Morgan fingerprint density at radius 1 is 0.407 bits per heavy atom. The highest BCUT2D eigenvalue weighted by Crippen LogP contribution is 2.34. The molecule has 5 heterocycles. The predicted octanol–water partition coefficient (Wildman–Crippen LogP) is 13.2. The minimum absolute atomic E-state index is 0. The molecule has 10 amide bonds. The van der Waals surface area contributed by atoms with E-state index < -0.39 is 21.9 Å². The molecule has 33 nitrogen and oxygen atoms in total. The smallest absolute Gasteiger partial charge is 0.324 e. The fraction of sp³-hybridized carbons (Fsp3) is 0.200. The second-order valence-corrected chi connectivity index (χ2v) is 23.5. The zero-order valence-corrected chi connectivity index (χ0v) is 59.5. The first-order valence-electron chi connectivity index (χ1n) is 32.7. The molecule has 0 spiro atoms. The number of methoxy groups -OCH3 is 5. The third-order valence-corrected chi connectivity index (χ3v) is 16.3. The number of anilines is 5. The number of amides is 10. The van der Waals surface area contributed by atoms with Crippen molar-refractivity contribution in [3.05, 3.63) is 281 Å². The quantitative estimate of drug-likeness (QED) is 0.0171. The average molecular weight is 1550 g/mol. The van der Waals surface area contributed by atoms with Gasteiger partial charge in [0.15, 0.2) is 23.1 Å². The van der Waals surface area contributed by atoms with Crippen molar-refractivity contribution in [1.82, 2.24) is 34.6 Å². The van der Waals surface area contributed by atoms with E-state index in [0.717, 1.165) is 27.4 Å². The molecule has 0 saturated heterocycles. The van der Waals surface area contributed by atoms with Crippen LogP contribution in [0.1, 0.15) is 131 Å². The number of hydrogen-bond donors (Lipinski definition) is 7. The number of benzene rings is 8. The van der Waals surface area contributed by atoms with Crippen molar-refractivity contribution in [2.24, 2.45) is 5.73 Å². The number of urea groups is 2. The molecule has 0 saturated carbocycles. The maximum Gasteiger partial charge on any atom is 0.324 e. The molecule has 13 rings (SSSR count). The summed E-state index contributed by atoms with van der Waals surface area (Å²) in [5.74, 6) is 0.441. The zero-order valence-electron chi connectivity index (χ0n) is 59.5. The van der Waals surface area contributed by atoms with Gasteiger partial charge in [0.1, 0.15) is 17.2 Å². The summed E-state index contributed by atoms with van der Waals surface area (Å²) >= 11 is 0. The molecular weight excluding hydrogens is 1460 g/mol. The Morgan fingerprint density at radius 3 is 1.01 bits per heavy atom. The van der Waals surface area contributed by atoms with Gasteiger partial charge in [0.05, 0.1) is 158 Å². The van der Waals surface area contributed by atoms with E-state index >= 15 is 0 Å². The molecule has 0 fully saturated rings. The minimum Gasteiger partial charge on any atom is -0.495 e. The second kappa shape index (κ2) is 41.1. The number of nitrogen functional groups attached to an aromatic ring is 1. The molecule has 9 N–H and O–H groups in total. The number of nitrogens with two attached hydrogens (primary N) is 2. The van der Waals surface area contributed by atoms with Gasteiger partial charge in [-0.3, -0.25) is 84.3 Å². The molecule has 2 aromatic heterocycles. The van der Waals surface area contributed by atoms with Crippen molar-refractivity contribution >= 4 is 87.6 Å². The molecule has 113 heavy (non-hydrogen) atoms. The molecule has 0 bridgehead atoms. The molecule has 3 aliphatic rings. The van der Waals surface area contributed by atoms with Gasteiger partial charge in [-0.2, -0.15) is 0 Å². The standard InChI is InChI=1S/C22H19N5O4.C16H12N2O5.C16H14N2O3.C14H17N5O2.C8H9NO4.4CH4/c1-13-10-24-19(11-23-13)26-22(30)25-17-8-7-14(9-18(17)31-2)12-27-20(28)15-5-3-4-6-16(15)21(27)29;1-23-14-8-10(6-7-13(14)18(21)22)9-17-15(19)11-4-2-3-5-12(11)16(17)20;1-21-14-8-10(6-7-13(14)17)9-18-15(19)11-4-2-3-5-12(11)16(18)20;1-9-7-17-13(8-16-9)19-14(20)18-11-4-3-10(6-15)5-12(11)21-2;1-13-8-4-6(5-10)2-3-7(8)9(11)12;;;;/h3-11H,12H2,1-2H3,(H2,24,25,26,30);2-8H,9H2,1H3;2-8H,9,17H2,1H3;3-5,7-8H,6,15H2,1-2H3,(H2,17,18,19,20);2-4,10H,5H2,1H3;4*1H4. The van der Waals surface area contributed by atoms with Gasteiger partial charge < -0.3 is 50.9 Å². The van der Waals surface area contributed by atoms with Crippen LogP contribution >= 0.6 is 0 Å². The maximum atomic E-state index is 12.6. The lowest BCUT2D eigenvalue weighted by Gasteiger charge is -2.16. The normalized spacial score (nSPS) is 11.6. The lowest BCUT2D eigenvalue weighted by atomic mass is 10.1. The van der Waals surface area contributed by atoms with Crippen LogP contribution in [0, 0.1) is 34.1 Å². The molecule has 590 valence electrons. The van der Waals surface area contributed by atoms with Gasteiger partial charge >= 0.3 is 23.4 Å². The zero-order chi connectivity index (χ0) is 78.6. The van der Waals surface area contributed by atoms with Crippen molar-refractivity contribution in [2.45, 2.75) is 76.3 Å². The van der Waals surface area contributed by atoms with E-state index in [1.54, 1.807) is 141 Å². The van der Waals surface area contributed by atoms with Crippen molar-refractivity contribution in [1.29, 1.82) is 0 Å². The van der Waals surface area contributed by atoms with E-state index in [-0.39, 0.29) is 114 Å². The summed E-state index contributed by atoms with van der Waals surface area (Å²) in [6, 6.07) is 43.3. The Morgan fingerprint density at radius 2 is 0.699 bits per heavy atom. The minimum atomic E-state index is -0.551. The number of fused-ring (bicyclic) bond motifs is 3. The van der Waals surface area contributed by atoms with E-state index in [4.69, 9.17) is 40.3 Å². The Balaban J connectivity index is 0.000000256. The first-order valence-corrected chi connectivity index (χ1v) is 32.7. The highest BCUT2D eigenvalue weighted by atomic mass is 16.6. The molecule has 8 aromatic carbocycles. The number of aryl methyl sites for hydroxylation is 2. The number of carbonyl (C=O) groups is 8. The number of nitro benzene ring substituents is 2. The number of rotatable bonds is 19. The molecule has 3 aliphatic heterocycles. The molecular formula is C80H87N15O18. The fourth-order valence-corrected chi connectivity index (χ4v) is 10.8. The Labute approximate surface area is 651 Å². The van der Waals surface area contributed by atoms with Gasteiger partial charge in [0.25, 0.3) is 35.4 Å². The van der Waals surface area contributed by atoms with Gasteiger partial charge in [0.2, 0.25) is 0 Å². The third-order valence-electron chi connectivity index (χ3n) is 16.3. The SMILES string of the molecule is C.C.C.C.COc1cc(CN)ccc1NC(=O)Nc1cnc(C)cn1.COc1cc(CN2C(=O)c3ccccc3C2=O)ccc1N.COc1cc(CN2C(=O)c3ccccc3C2=O)ccc1NC(=O)Nc1cnc(C)cn1.COc1cc(CN2C(=O)c3ccccc3C2=O)ccc1[N+](=O)[O-].COc1cc(CO)ccc1[N+](=O)[O-]. The highest BCUT2D eigenvalue weighted by molar-refractivity contribution is 6.23. The van der Waals surface area contributed by atoms with Crippen molar-refractivity contribution < 1.29 is 77.0 Å². The van der Waals surface area contributed by atoms with Gasteiger partial charge in [-0.25, -0.2) is 19.6 Å². The van der Waals surface area contributed by atoms with E-state index in [1.807, 2.05) is 13.0 Å². The number of nitrogens with zero attached hydrogens (tertiary/aromatic N) is 9. The number of carbonyl (C=O) groups excluding carboxylic acids is 8. The number of imide groups is 3. The van der Waals surface area contributed by atoms with Crippen LogP contribution in [-0.4, -0.2) is 133 Å². The molecule has 0 unspecified atom stereocenters. The fourth-order valence-electron chi connectivity index (χ4n) is 10.8. The maximum absolute atomic E-state index is 12.6. The Kier molecular flexibility index (Phi) is 32.4. The molecule has 0 atom stereocenters. The van der Waals surface area contributed by atoms with Crippen LogP contribution in [0.3, 0.4) is 0 Å². The summed E-state index contributed by atoms with van der Waals surface area (Å²) < 4.78 is 25.5. The van der Waals surface area contributed by atoms with E-state index in [9.17, 15) is 58.6 Å². The molecule has 0 aliphatic carbocycles. The number of ether oxygens (including phenoxy) is 5. The van der Waals surface area contributed by atoms with Crippen LogP contribution in [0.25, 0.3) is 0 Å². The molecule has 10 aromatic rings. The summed E-state index contributed by atoms with van der Waals surface area (Å²) in [4.78, 5) is 139. The Bertz CT molecular complexity index is 5020. The summed E-state index contributed by atoms with van der Waals surface area (Å²) in [7, 11) is 7.20. The highest BCUT2D eigenvalue weighted by Gasteiger charge is 2.38. The monoisotopic (exact) mass is 1550 g/mol. The number of aromatic nitrogens is 4. The van der Waals surface area contributed by atoms with E-state index in [0.29, 0.717) is 103 Å². The van der Waals surface area contributed by atoms with Crippen molar-refractivity contribution in [2.75, 3.05) is 62.5 Å². The van der Waals surface area contributed by atoms with E-state index in [1.165, 1.54) is 94.1 Å². The van der Waals surface area contributed by atoms with Crippen LogP contribution in [0.15, 0.2) is 189 Å². The first-order chi connectivity index (χ1) is 52.4. The summed E-state index contributed by atoms with van der Waals surface area (Å²) in [6.45, 7) is 4.18. The molecule has 0 radical (unpaired) electrons. The van der Waals surface area contributed by atoms with Gasteiger partial charge in [-0.05, 0) is 133 Å². The summed E-state index contributed by atoms with van der Waals surface area (Å²) in [6.07, 6.45) is 6.07. The topological polar surface area (TPSA) is 451 Å². The summed E-state index contributed by atoms with van der Waals surface area (Å²) in [5.41, 5.74) is 20.0. The van der Waals surface area contributed by atoms with Crippen molar-refractivity contribution in [3.63, 3.8) is 0 Å².